The van der Waals surface area contributed by atoms with E-state index in [1.165, 1.54) is 6.07 Å². The van der Waals surface area contributed by atoms with E-state index in [9.17, 15) is 18.4 Å². The van der Waals surface area contributed by atoms with Gasteiger partial charge in [-0.15, -0.1) is 0 Å². The van der Waals surface area contributed by atoms with Gasteiger partial charge in [0.25, 0.3) is 5.91 Å². The van der Waals surface area contributed by atoms with Crippen molar-refractivity contribution >= 4 is 28.5 Å². The third-order valence-electron chi connectivity index (χ3n) is 4.49. The number of halogens is 2. The van der Waals surface area contributed by atoms with Gasteiger partial charge in [0, 0.05) is 28.4 Å². The number of aromatic amines is 1. The molecule has 1 atom stereocenters. The van der Waals surface area contributed by atoms with Crippen LogP contribution in [-0.2, 0) is 4.79 Å². The molecule has 0 radical (unpaired) electrons. The molecule has 2 aromatic carbocycles. The van der Waals surface area contributed by atoms with Gasteiger partial charge >= 0.3 is 6.03 Å². The molecule has 9 heteroatoms. The highest BCUT2D eigenvalue weighted by Crippen LogP contribution is 2.30. The Morgan fingerprint density at radius 3 is 2.79 bits per heavy atom. The molecule has 1 aromatic heterocycles. The highest BCUT2D eigenvalue weighted by molar-refractivity contribution is 6.07. The van der Waals surface area contributed by atoms with Crippen molar-refractivity contribution < 1.29 is 18.4 Å². The number of nitrogens with zero attached hydrogens (tertiary/aromatic N) is 1. The average molecular weight is 383 g/mol. The van der Waals surface area contributed by atoms with E-state index in [2.05, 4.69) is 26.1 Å². The molecule has 1 aliphatic rings. The van der Waals surface area contributed by atoms with Gasteiger partial charge in [-0.3, -0.25) is 9.89 Å². The van der Waals surface area contributed by atoms with Crippen LogP contribution >= 0.6 is 0 Å². The van der Waals surface area contributed by atoms with Crippen molar-refractivity contribution in [2.75, 3.05) is 5.32 Å². The number of H-pyrrole nitrogens is 1. The zero-order chi connectivity index (χ0) is 19.8. The van der Waals surface area contributed by atoms with E-state index in [1.54, 1.807) is 31.3 Å². The van der Waals surface area contributed by atoms with Gasteiger partial charge in [0.1, 0.15) is 11.6 Å². The maximum Gasteiger partial charge on any atom is 0.319 e. The Labute approximate surface area is 157 Å². The maximum absolute atomic E-state index is 14.3. The topological polar surface area (TPSA) is 98.9 Å². The number of hydrogen-bond acceptors (Lipinski definition) is 3. The molecule has 3 aromatic rings. The quantitative estimate of drug-likeness (QED) is 0.559. The molecule has 28 heavy (non-hydrogen) atoms. The summed E-state index contributed by atoms with van der Waals surface area (Å²) in [5.41, 5.74) is 1.71. The number of urea groups is 1. The molecule has 1 unspecified atom stereocenters. The molecule has 7 nitrogen and oxygen atoms in total. The van der Waals surface area contributed by atoms with E-state index in [0.29, 0.717) is 11.8 Å². The van der Waals surface area contributed by atoms with Gasteiger partial charge in [-0.25, -0.2) is 13.6 Å². The first-order valence-corrected chi connectivity index (χ1v) is 8.40. The van der Waals surface area contributed by atoms with Crippen LogP contribution in [-0.4, -0.2) is 22.1 Å². The molecule has 0 saturated carbocycles. The lowest BCUT2D eigenvalue weighted by molar-refractivity contribution is -0.113. The highest BCUT2D eigenvalue weighted by Gasteiger charge is 2.33. The molecular weight excluding hydrogens is 368 g/mol. The number of carbonyl (C=O) groups excluding carboxylic acids is 2. The number of amides is 3. The van der Waals surface area contributed by atoms with E-state index < -0.39 is 29.6 Å². The summed E-state index contributed by atoms with van der Waals surface area (Å²) in [4.78, 5) is 24.8. The lowest BCUT2D eigenvalue weighted by atomic mass is 9.94. The lowest BCUT2D eigenvalue weighted by Gasteiger charge is -2.29. The van der Waals surface area contributed by atoms with Crippen LogP contribution in [0.1, 0.15) is 18.5 Å². The second-order valence-corrected chi connectivity index (χ2v) is 6.36. The summed E-state index contributed by atoms with van der Waals surface area (Å²) in [6.07, 6.45) is 1.62. The van der Waals surface area contributed by atoms with Gasteiger partial charge in [0.05, 0.1) is 23.3 Å². The first kappa shape index (κ1) is 17.7. The minimum absolute atomic E-state index is 0.00830. The third kappa shape index (κ3) is 3.18. The Bertz CT molecular complexity index is 1140. The van der Waals surface area contributed by atoms with Crippen LogP contribution in [0.3, 0.4) is 0 Å². The summed E-state index contributed by atoms with van der Waals surface area (Å²) >= 11 is 0. The molecule has 4 N–H and O–H groups in total. The zero-order valence-corrected chi connectivity index (χ0v) is 14.6. The van der Waals surface area contributed by atoms with Crippen LogP contribution in [0.5, 0.6) is 0 Å². The number of nitrogens with one attached hydrogen (secondary N) is 4. The summed E-state index contributed by atoms with van der Waals surface area (Å²) in [7, 11) is 0. The summed E-state index contributed by atoms with van der Waals surface area (Å²) in [6, 6.07) is 6.53. The van der Waals surface area contributed by atoms with Crippen LogP contribution in [0, 0.1) is 11.6 Å². The maximum atomic E-state index is 14.3. The largest absolute Gasteiger partial charge is 0.327 e. The van der Waals surface area contributed by atoms with Crippen molar-refractivity contribution in [3.05, 3.63) is 71.1 Å². The molecule has 0 bridgehead atoms. The number of aromatic nitrogens is 2. The Morgan fingerprint density at radius 2 is 2.00 bits per heavy atom. The second kappa shape index (κ2) is 6.76. The number of hydrogen-bond donors (Lipinski definition) is 4. The van der Waals surface area contributed by atoms with Crippen LogP contribution in [0.15, 0.2) is 53.9 Å². The second-order valence-electron chi connectivity index (χ2n) is 6.36. The van der Waals surface area contributed by atoms with Crippen LogP contribution in [0.2, 0.25) is 0 Å². The molecule has 3 amide bonds. The molecule has 4 rings (SSSR count). The van der Waals surface area contributed by atoms with Gasteiger partial charge in [0.15, 0.2) is 0 Å². The lowest BCUT2D eigenvalue weighted by Crippen LogP contribution is -2.46. The first-order chi connectivity index (χ1) is 13.4. The van der Waals surface area contributed by atoms with E-state index in [0.717, 1.165) is 17.0 Å². The summed E-state index contributed by atoms with van der Waals surface area (Å²) < 4.78 is 27.6. The fourth-order valence-corrected chi connectivity index (χ4v) is 3.18. The van der Waals surface area contributed by atoms with Crippen molar-refractivity contribution in [1.29, 1.82) is 0 Å². The standard InChI is InChI=1S/C19H15F2N5O2/c1-9-16(18(27)24-12-3-5-15-10(6-12)8-22-26-15)17(25-19(28)23-9)13-4-2-11(20)7-14(13)21/h2-8,17H,1H3,(H,22,26)(H,24,27)(H2,23,25,28). The average Bonchev–Trinajstić information content (AvgIpc) is 3.08. The minimum Gasteiger partial charge on any atom is -0.327 e. The van der Waals surface area contributed by atoms with Crippen molar-refractivity contribution in [3.63, 3.8) is 0 Å². The number of allylic oxidation sites excluding steroid dienone is 1. The van der Waals surface area contributed by atoms with Gasteiger partial charge in [-0.2, -0.15) is 5.10 Å². The van der Waals surface area contributed by atoms with Gasteiger partial charge in [0.2, 0.25) is 0 Å². The molecule has 0 saturated heterocycles. The highest BCUT2D eigenvalue weighted by atomic mass is 19.1. The Morgan fingerprint density at radius 1 is 1.18 bits per heavy atom. The summed E-state index contributed by atoms with van der Waals surface area (Å²) in [5, 5.41) is 15.3. The molecule has 0 spiro atoms. The molecule has 0 fully saturated rings. The molecule has 142 valence electrons. The predicted molar refractivity (Wildman–Crippen MR) is 98.2 cm³/mol. The van der Waals surface area contributed by atoms with Crippen molar-refractivity contribution in [1.82, 2.24) is 20.8 Å². The van der Waals surface area contributed by atoms with E-state index in [1.807, 2.05) is 0 Å². The fourth-order valence-electron chi connectivity index (χ4n) is 3.18. The number of fused-ring (bicyclic) bond motifs is 1. The van der Waals surface area contributed by atoms with Crippen molar-refractivity contribution in [2.45, 2.75) is 13.0 Å². The molecule has 0 aliphatic carbocycles. The fraction of sp³-hybridized carbons (Fsp3) is 0.105. The van der Waals surface area contributed by atoms with Crippen LogP contribution < -0.4 is 16.0 Å². The molecule has 1 aliphatic heterocycles. The summed E-state index contributed by atoms with van der Waals surface area (Å²) in [5.74, 6) is -2.13. The normalized spacial score (nSPS) is 16.7. The minimum atomic E-state index is -1.06. The number of benzene rings is 2. The third-order valence-corrected chi connectivity index (χ3v) is 4.49. The Balaban J connectivity index is 1.69. The van der Waals surface area contributed by atoms with Gasteiger partial charge < -0.3 is 16.0 Å². The van der Waals surface area contributed by atoms with Crippen molar-refractivity contribution in [2.24, 2.45) is 0 Å². The number of carbonyl (C=O) groups is 2. The van der Waals surface area contributed by atoms with Crippen LogP contribution in [0.25, 0.3) is 10.9 Å². The first-order valence-electron chi connectivity index (χ1n) is 8.40. The smallest absolute Gasteiger partial charge is 0.319 e. The number of anilines is 1. The van der Waals surface area contributed by atoms with Gasteiger partial charge in [-0.05, 0) is 31.2 Å². The monoisotopic (exact) mass is 383 g/mol. The SMILES string of the molecule is CC1=C(C(=O)Nc2ccc3[nH]ncc3c2)C(c2ccc(F)cc2F)NC(=O)N1. The van der Waals surface area contributed by atoms with E-state index in [-0.39, 0.29) is 16.8 Å². The Hall–Kier alpha value is -3.75. The van der Waals surface area contributed by atoms with Crippen LogP contribution in [0.4, 0.5) is 19.3 Å². The molecular formula is C19H15F2N5O2. The Kier molecular flexibility index (Phi) is 4.26. The number of rotatable bonds is 3. The van der Waals surface area contributed by atoms with Crippen molar-refractivity contribution in [3.8, 4) is 0 Å². The molecule has 2 heterocycles. The summed E-state index contributed by atoms with van der Waals surface area (Å²) in [6.45, 7) is 1.54. The zero-order valence-electron chi connectivity index (χ0n) is 14.6. The van der Waals surface area contributed by atoms with E-state index >= 15 is 0 Å². The van der Waals surface area contributed by atoms with E-state index in [4.69, 9.17) is 0 Å². The predicted octanol–water partition coefficient (Wildman–Crippen LogP) is 3.11. The van der Waals surface area contributed by atoms with Gasteiger partial charge in [-0.1, -0.05) is 6.07 Å².